The quantitative estimate of drug-likeness (QED) is 0.811. The van der Waals surface area contributed by atoms with Crippen molar-refractivity contribution in [2.45, 2.75) is 51.0 Å². The minimum Gasteiger partial charge on any atom is -0.345 e. The second-order valence-electron chi connectivity index (χ2n) is 5.75. The SMILES string of the molecule is O=C(Nc1ccc2c(c1)CCC2)C(=O)NC1CCCC1. The van der Waals surface area contributed by atoms with E-state index in [-0.39, 0.29) is 6.04 Å². The number of carbonyl (C=O) groups is 2. The Hall–Kier alpha value is -1.84. The minimum absolute atomic E-state index is 0.174. The van der Waals surface area contributed by atoms with Gasteiger partial charge >= 0.3 is 11.8 Å². The highest BCUT2D eigenvalue weighted by molar-refractivity contribution is 6.39. The number of aryl methyl sites for hydroxylation is 2. The molecule has 4 nitrogen and oxygen atoms in total. The van der Waals surface area contributed by atoms with E-state index in [9.17, 15) is 9.59 Å². The predicted molar refractivity (Wildman–Crippen MR) is 77.5 cm³/mol. The molecule has 0 radical (unpaired) electrons. The number of fused-ring (bicyclic) bond motifs is 1. The predicted octanol–water partition coefficient (Wildman–Crippen LogP) is 2.17. The van der Waals surface area contributed by atoms with Gasteiger partial charge < -0.3 is 10.6 Å². The fourth-order valence-electron chi connectivity index (χ4n) is 3.16. The van der Waals surface area contributed by atoms with Crippen molar-refractivity contribution < 1.29 is 9.59 Å². The number of benzene rings is 1. The molecular weight excluding hydrogens is 252 g/mol. The fraction of sp³-hybridized carbons (Fsp3) is 0.500. The Morgan fingerprint density at radius 2 is 1.70 bits per heavy atom. The first-order valence-corrected chi connectivity index (χ1v) is 7.46. The Balaban J connectivity index is 1.59. The molecule has 0 unspecified atom stereocenters. The van der Waals surface area contributed by atoms with E-state index >= 15 is 0 Å². The second-order valence-corrected chi connectivity index (χ2v) is 5.75. The van der Waals surface area contributed by atoms with Crippen LogP contribution < -0.4 is 10.6 Å². The molecule has 3 rings (SSSR count). The fourth-order valence-corrected chi connectivity index (χ4v) is 3.16. The van der Waals surface area contributed by atoms with E-state index in [2.05, 4.69) is 10.6 Å². The standard InChI is InChI=1S/C16H20N2O2/c19-15(17-13-6-1-2-7-13)16(20)18-14-9-8-11-4-3-5-12(11)10-14/h8-10,13H,1-7H2,(H,17,19)(H,18,20). The monoisotopic (exact) mass is 272 g/mol. The Bertz CT molecular complexity index is 533. The maximum Gasteiger partial charge on any atom is 0.313 e. The van der Waals surface area contributed by atoms with Crippen LogP contribution in [0.3, 0.4) is 0 Å². The van der Waals surface area contributed by atoms with Gasteiger partial charge in [0.25, 0.3) is 0 Å². The third-order valence-electron chi connectivity index (χ3n) is 4.25. The maximum absolute atomic E-state index is 11.9. The van der Waals surface area contributed by atoms with Gasteiger partial charge in [-0.25, -0.2) is 0 Å². The van der Waals surface area contributed by atoms with Crippen molar-refractivity contribution in [3.63, 3.8) is 0 Å². The Morgan fingerprint density at radius 1 is 0.950 bits per heavy atom. The smallest absolute Gasteiger partial charge is 0.313 e. The molecule has 1 fully saturated rings. The van der Waals surface area contributed by atoms with E-state index in [1.165, 1.54) is 17.5 Å². The molecule has 20 heavy (non-hydrogen) atoms. The highest BCUT2D eigenvalue weighted by Crippen LogP contribution is 2.24. The van der Waals surface area contributed by atoms with Crippen LogP contribution in [0.5, 0.6) is 0 Å². The number of hydrogen-bond acceptors (Lipinski definition) is 2. The summed E-state index contributed by atoms with van der Waals surface area (Å²) in [5, 5.41) is 5.49. The molecule has 106 valence electrons. The summed E-state index contributed by atoms with van der Waals surface area (Å²) in [4.78, 5) is 23.7. The molecule has 0 atom stereocenters. The van der Waals surface area contributed by atoms with Crippen LogP contribution >= 0.6 is 0 Å². The number of nitrogens with one attached hydrogen (secondary N) is 2. The van der Waals surface area contributed by atoms with Crippen molar-refractivity contribution in [2.24, 2.45) is 0 Å². The first-order chi connectivity index (χ1) is 9.72. The number of anilines is 1. The van der Waals surface area contributed by atoms with E-state index in [0.29, 0.717) is 0 Å². The molecule has 1 aromatic rings. The first kappa shape index (κ1) is 13.2. The molecule has 0 spiro atoms. The summed E-state index contributed by atoms with van der Waals surface area (Å²) in [5.41, 5.74) is 3.37. The second kappa shape index (κ2) is 5.65. The molecule has 4 heteroatoms. The zero-order chi connectivity index (χ0) is 13.9. The van der Waals surface area contributed by atoms with Crippen LogP contribution in [-0.2, 0) is 22.4 Å². The van der Waals surface area contributed by atoms with Gasteiger partial charge in [-0.3, -0.25) is 9.59 Å². The average Bonchev–Trinajstić information content (AvgIpc) is 3.08. The lowest BCUT2D eigenvalue weighted by molar-refractivity contribution is -0.136. The van der Waals surface area contributed by atoms with Crippen LogP contribution in [0.1, 0.15) is 43.2 Å². The van der Waals surface area contributed by atoms with E-state index in [1.807, 2.05) is 18.2 Å². The van der Waals surface area contributed by atoms with Gasteiger partial charge in [0.2, 0.25) is 0 Å². The summed E-state index contributed by atoms with van der Waals surface area (Å²) < 4.78 is 0. The van der Waals surface area contributed by atoms with Gasteiger partial charge in [-0.05, 0) is 55.4 Å². The molecule has 1 aromatic carbocycles. The highest BCUT2D eigenvalue weighted by atomic mass is 16.2. The van der Waals surface area contributed by atoms with Gasteiger partial charge in [0, 0.05) is 11.7 Å². The Morgan fingerprint density at radius 3 is 2.50 bits per heavy atom. The minimum atomic E-state index is -0.560. The molecule has 0 saturated heterocycles. The number of amides is 2. The lowest BCUT2D eigenvalue weighted by Crippen LogP contribution is -2.40. The van der Waals surface area contributed by atoms with Crippen LogP contribution in [0.4, 0.5) is 5.69 Å². The number of carbonyl (C=O) groups excluding carboxylic acids is 2. The summed E-state index contributed by atoms with van der Waals surface area (Å²) in [6.45, 7) is 0. The van der Waals surface area contributed by atoms with Gasteiger partial charge in [-0.1, -0.05) is 18.9 Å². The Kier molecular flexibility index (Phi) is 3.72. The number of rotatable bonds is 2. The van der Waals surface area contributed by atoms with E-state index in [1.54, 1.807) is 0 Å². The van der Waals surface area contributed by atoms with Crippen LogP contribution in [0.25, 0.3) is 0 Å². The molecule has 0 aliphatic heterocycles. The van der Waals surface area contributed by atoms with Gasteiger partial charge in [-0.15, -0.1) is 0 Å². The van der Waals surface area contributed by atoms with Crippen molar-refractivity contribution in [3.05, 3.63) is 29.3 Å². The molecule has 2 N–H and O–H groups in total. The maximum atomic E-state index is 11.9. The zero-order valence-corrected chi connectivity index (χ0v) is 11.6. The van der Waals surface area contributed by atoms with Crippen molar-refractivity contribution >= 4 is 17.5 Å². The molecule has 2 amide bonds. The third kappa shape index (κ3) is 2.84. The van der Waals surface area contributed by atoms with E-state index in [0.717, 1.165) is 44.2 Å². The van der Waals surface area contributed by atoms with Crippen molar-refractivity contribution in [1.29, 1.82) is 0 Å². The lowest BCUT2D eigenvalue weighted by Gasteiger charge is -2.12. The summed E-state index contributed by atoms with van der Waals surface area (Å²) in [5.74, 6) is -1.08. The molecular formula is C16H20N2O2. The molecule has 1 saturated carbocycles. The molecule has 0 aromatic heterocycles. The first-order valence-electron chi connectivity index (χ1n) is 7.46. The average molecular weight is 272 g/mol. The topological polar surface area (TPSA) is 58.2 Å². The van der Waals surface area contributed by atoms with Gasteiger partial charge in [0.05, 0.1) is 0 Å². The van der Waals surface area contributed by atoms with Gasteiger partial charge in [0.1, 0.15) is 0 Å². The normalized spacial score (nSPS) is 17.8. The lowest BCUT2D eigenvalue weighted by atomic mass is 10.1. The van der Waals surface area contributed by atoms with E-state index in [4.69, 9.17) is 0 Å². The summed E-state index contributed by atoms with van der Waals surface area (Å²) in [7, 11) is 0. The summed E-state index contributed by atoms with van der Waals surface area (Å²) in [6, 6.07) is 6.09. The third-order valence-corrected chi connectivity index (χ3v) is 4.25. The summed E-state index contributed by atoms with van der Waals surface area (Å²) in [6.07, 6.45) is 7.60. The van der Waals surface area contributed by atoms with Crippen LogP contribution in [0, 0.1) is 0 Å². The molecule has 2 aliphatic rings. The van der Waals surface area contributed by atoms with Crippen molar-refractivity contribution in [1.82, 2.24) is 5.32 Å². The van der Waals surface area contributed by atoms with Crippen LogP contribution in [0.2, 0.25) is 0 Å². The highest BCUT2D eigenvalue weighted by Gasteiger charge is 2.21. The molecule has 0 bridgehead atoms. The molecule has 0 heterocycles. The van der Waals surface area contributed by atoms with Crippen LogP contribution in [0.15, 0.2) is 18.2 Å². The number of hydrogen-bond donors (Lipinski definition) is 2. The van der Waals surface area contributed by atoms with Crippen molar-refractivity contribution in [2.75, 3.05) is 5.32 Å². The Labute approximate surface area is 118 Å². The van der Waals surface area contributed by atoms with Crippen molar-refractivity contribution in [3.8, 4) is 0 Å². The largest absolute Gasteiger partial charge is 0.345 e. The van der Waals surface area contributed by atoms with Crippen LogP contribution in [-0.4, -0.2) is 17.9 Å². The van der Waals surface area contributed by atoms with Gasteiger partial charge in [-0.2, -0.15) is 0 Å². The molecule has 2 aliphatic carbocycles. The zero-order valence-electron chi connectivity index (χ0n) is 11.6. The summed E-state index contributed by atoms with van der Waals surface area (Å²) >= 11 is 0. The van der Waals surface area contributed by atoms with E-state index < -0.39 is 11.8 Å². The van der Waals surface area contributed by atoms with Gasteiger partial charge in [0.15, 0.2) is 0 Å².